The Bertz CT molecular complexity index is 820. The first-order chi connectivity index (χ1) is 15.2. The Morgan fingerprint density at radius 3 is 2.81 bits per heavy atom. The van der Waals surface area contributed by atoms with Gasteiger partial charge in [-0.1, -0.05) is 37.3 Å². The number of alkyl halides is 3. The molecule has 1 N–H and O–H groups in total. The van der Waals surface area contributed by atoms with Crippen molar-refractivity contribution in [1.82, 2.24) is 0 Å². The highest BCUT2D eigenvalue weighted by molar-refractivity contribution is 5.66. The Labute approximate surface area is 185 Å². The number of unbranched alkanes of at least 4 members (excludes halogenated alkanes) is 1. The molecule has 1 aromatic carbocycles. The molecule has 1 heterocycles. The Morgan fingerprint density at radius 1 is 1.28 bits per heavy atom. The van der Waals surface area contributed by atoms with Crippen molar-refractivity contribution in [3.8, 4) is 5.75 Å². The van der Waals surface area contributed by atoms with Crippen LogP contribution in [0.4, 0.5) is 13.2 Å². The van der Waals surface area contributed by atoms with Gasteiger partial charge < -0.3 is 9.84 Å². The summed E-state index contributed by atoms with van der Waals surface area (Å²) < 4.78 is 44.1. The largest absolute Gasteiger partial charge is 0.493 e. The second-order valence-electron chi connectivity index (χ2n) is 8.44. The minimum atomic E-state index is -4.39. The van der Waals surface area contributed by atoms with E-state index in [1.165, 1.54) is 12.1 Å². The number of aliphatic carboxylic acids is 1. The normalized spacial score (nSPS) is 26.2. The highest BCUT2D eigenvalue weighted by Gasteiger charge is 2.49. The Morgan fingerprint density at radius 2 is 2.06 bits per heavy atom. The zero-order valence-corrected chi connectivity index (χ0v) is 18.0. The molecule has 8 heteroatoms. The van der Waals surface area contributed by atoms with Gasteiger partial charge in [0.25, 0.3) is 0 Å². The van der Waals surface area contributed by atoms with Crippen molar-refractivity contribution in [2.45, 2.75) is 57.4 Å². The average Bonchev–Trinajstić information content (AvgIpc) is 3.34. The van der Waals surface area contributed by atoms with E-state index < -0.39 is 17.7 Å². The number of hydrogen-bond donors (Lipinski definition) is 1. The molecule has 3 rings (SSSR count). The zero-order chi connectivity index (χ0) is 23.1. The molecular weight excluding hydrogens is 425 g/mol. The fraction of sp³-hybridized carbons (Fsp3) is 0.542. The maximum atomic E-state index is 12.8. The molecule has 5 atom stereocenters. The molecule has 2 bridgehead atoms. The van der Waals surface area contributed by atoms with Gasteiger partial charge in [-0.15, -0.1) is 0 Å². The lowest BCUT2D eigenvalue weighted by molar-refractivity contribution is -0.336. The molecule has 1 aromatic rings. The number of carbonyl (C=O) groups is 1. The van der Waals surface area contributed by atoms with E-state index in [0.717, 1.165) is 31.4 Å². The van der Waals surface area contributed by atoms with Crippen LogP contribution in [0.3, 0.4) is 0 Å². The lowest BCUT2D eigenvalue weighted by atomic mass is 9.89. The summed E-state index contributed by atoms with van der Waals surface area (Å²) in [7, 11) is 0. The highest BCUT2D eigenvalue weighted by atomic mass is 19.4. The van der Waals surface area contributed by atoms with E-state index in [-0.39, 0.29) is 48.7 Å². The molecule has 176 valence electrons. The zero-order valence-electron chi connectivity index (χ0n) is 18.0. The van der Waals surface area contributed by atoms with Crippen molar-refractivity contribution in [3.63, 3.8) is 0 Å². The number of hydrogen-bond acceptors (Lipinski definition) is 4. The summed E-state index contributed by atoms with van der Waals surface area (Å²) in [5, 5.41) is 8.68. The highest BCUT2D eigenvalue weighted by Crippen LogP contribution is 2.45. The molecule has 0 spiro atoms. The summed E-state index contributed by atoms with van der Waals surface area (Å²) in [6, 6.07) is 4.89. The number of ether oxygens (including phenoxy) is 1. The Balaban J connectivity index is 1.49. The molecule has 0 radical (unpaired) electrons. The lowest BCUT2D eigenvalue weighted by Crippen LogP contribution is -2.28. The van der Waals surface area contributed by atoms with Crippen molar-refractivity contribution in [2.24, 2.45) is 17.8 Å². The number of rotatable bonds is 11. The molecule has 1 aliphatic carbocycles. The number of carboxylic acid groups (broad SMARTS) is 1. The molecule has 32 heavy (non-hydrogen) atoms. The van der Waals surface area contributed by atoms with Crippen molar-refractivity contribution in [1.29, 1.82) is 0 Å². The molecule has 0 amide bonds. The van der Waals surface area contributed by atoms with Gasteiger partial charge in [-0.25, -0.2) is 9.78 Å². The van der Waals surface area contributed by atoms with E-state index in [2.05, 4.69) is 12.2 Å². The van der Waals surface area contributed by atoms with Crippen LogP contribution in [0.25, 0.3) is 0 Å². The molecule has 1 saturated heterocycles. The van der Waals surface area contributed by atoms with Crippen LogP contribution in [0.15, 0.2) is 48.6 Å². The van der Waals surface area contributed by atoms with Crippen molar-refractivity contribution < 1.29 is 37.6 Å². The van der Waals surface area contributed by atoms with E-state index >= 15 is 0 Å². The van der Waals surface area contributed by atoms with Crippen LogP contribution in [0.2, 0.25) is 0 Å². The third-order valence-corrected chi connectivity index (χ3v) is 5.84. The van der Waals surface area contributed by atoms with Crippen LogP contribution in [0, 0.1) is 17.8 Å². The van der Waals surface area contributed by atoms with Gasteiger partial charge in [0.2, 0.25) is 0 Å². The fourth-order valence-electron chi connectivity index (χ4n) is 4.12. The minimum Gasteiger partial charge on any atom is -0.493 e. The number of allylic oxidation sites excluding steroid dienone is 2. The van der Waals surface area contributed by atoms with Gasteiger partial charge in [-0.05, 0) is 37.5 Å². The van der Waals surface area contributed by atoms with E-state index in [1.807, 2.05) is 19.1 Å². The molecule has 5 nitrogen and oxygen atoms in total. The van der Waals surface area contributed by atoms with Gasteiger partial charge in [0.1, 0.15) is 11.9 Å². The summed E-state index contributed by atoms with van der Waals surface area (Å²) in [5.74, 6) is -0.112. The fourth-order valence-corrected chi connectivity index (χ4v) is 4.12. The number of carboxylic acids is 1. The van der Waals surface area contributed by atoms with E-state index in [4.69, 9.17) is 19.6 Å². The van der Waals surface area contributed by atoms with Crippen LogP contribution in [-0.2, 0) is 20.7 Å². The van der Waals surface area contributed by atoms with Crippen LogP contribution in [-0.4, -0.2) is 29.9 Å². The molecule has 1 saturated carbocycles. The Hall–Kier alpha value is -2.32. The first-order valence-electron chi connectivity index (χ1n) is 10.9. The lowest BCUT2D eigenvalue weighted by Gasteiger charge is -2.27. The standard InChI is InChI=1S/C24H29F3O5/c1-16(15-30-18-8-6-7-17(13-18)24(25,26)27)11-12-20-19(21-14-22(20)32-31-21)9-4-2-3-5-10-23(28)29/h2,4,6-8,11-13,16,19-22H,3,5,9-10,14-15H2,1H3,(H,28,29)/b4-2-,12-11+/t16-,19-,20-,21+,22-/m1/s1. The maximum absolute atomic E-state index is 12.8. The van der Waals surface area contributed by atoms with Gasteiger partial charge in [0.05, 0.1) is 18.3 Å². The molecule has 0 unspecified atom stereocenters. The number of halogens is 3. The molecule has 2 fully saturated rings. The molecular formula is C24H29F3O5. The molecule has 2 aliphatic rings. The first kappa shape index (κ1) is 24.3. The summed E-state index contributed by atoms with van der Waals surface area (Å²) in [6.07, 6.45) is 7.04. The second kappa shape index (κ2) is 11.0. The first-order valence-corrected chi connectivity index (χ1v) is 10.9. The predicted molar refractivity (Wildman–Crippen MR) is 112 cm³/mol. The van der Waals surface area contributed by atoms with Crippen LogP contribution in [0.5, 0.6) is 5.75 Å². The number of fused-ring (bicyclic) bond motifs is 2. The average molecular weight is 454 g/mol. The van der Waals surface area contributed by atoms with Crippen LogP contribution >= 0.6 is 0 Å². The molecule has 0 aromatic heterocycles. The summed E-state index contributed by atoms with van der Waals surface area (Å²) in [4.78, 5) is 21.4. The minimum absolute atomic E-state index is 0.00162. The van der Waals surface area contributed by atoms with Crippen molar-refractivity contribution in [3.05, 3.63) is 54.1 Å². The topological polar surface area (TPSA) is 65.0 Å². The van der Waals surface area contributed by atoms with Gasteiger partial charge in [0.15, 0.2) is 0 Å². The van der Waals surface area contributed by atoms with Crippen molar-refractivity contribution in [2.75, 3.05) is 6.61 Å². The number of benzene rings is 1. The second-order valence-corrected chi connectivity index (χ2v) is 8.44. The third kappa shape index (κ3) is 6.84. The van der Waals surface area contributed by atoms with Gasteiger partial charge in [-0.3, -0.25) is 4.79 Å². The summed E-state index contributed by atoms with van der Waals surface area (Å²) >= 11 is 0. The van der Waals surface area contributed by atoms with E-state index in [9.17, 15) is 18.0 Å². The monoisotopic (exact) mass is 454 g/mol. The van der Waals surface area contributed by atoms with E-state index in [0.29, 0.717) is 6.42 Å². The molecule has 1 aliphatic heterocycles. The van der Waals surface area contributed by atoms with Crippen molar-refractivity contribution >= 4 is 5.97 Å². The maximum Gasteiger partial charge on any atom is 0.416 e. The summed E-state index contributed by atoms with van der Waals surface area (Å²) in [5.41, 5.74) is -0.726. The van der Waals surface area contributed by atoms with E-state index in [1.54, 1.807) is 0 Å². The summed E-state index contributed by atoms with van der Waals surface area (Å²) in [6.45, 7) is 2.22. The van der Waals surface area contributed by atoms with Crippen LogP contribution < -0.4 is 4.74 Å². The quantitative estimate of drug-likeness (QED) is 0.260. The third-order valence-electron chi connectivity index (χ3n) is 5.84. The Kier molecular flexibility index (Phi) is 8.37. The SMILES string of the molecule is C[C@H](/C=C/[C@@H]1[C@@H](C/C=C\CCCC(=O)O)[C@@H]2C[C@H]1OO2)COc1cccc(C(F)(F)F)c1. The van der Waals surface area contributed by atoms with Crippen LogP contribution in [0.1, 0.15) is 44.6 Å². The van der Waals surface area contributed by atoms with Gasteiger partial charge >= 0.3 is 12.1 Å². The van der Waals surface area contributed by atoms with Gasteiger partial charge in [-0.2, -0.15) is 13.2 Å². The van der Waals surface area contributed by atoms with Gasteiger partial charge in [0, 0.05) is 30.6 Å². The smallest absolute Gasteiger partial charge is 0.416 e. The predicted octanol–water partition coefficient (Wildman–Crippen LogP) is 5.81.